The fourth-order valence-corrected chi connectivity index (χ4v) is 1.98. The summed E-state index contributed by atoms with van der Waals surface area (Å²) >= 11 is 5.89. The second-order valence-electron chi connectivity index (χ2n) is 4.30. The number of hydrogen-bond donors (Lipinski definition) is 1. The first-order chi connectivity index (χ1) is 10.6. The van der Waals surface area contributed by atoms with Crippen LogP contribution in [0.2, 0.25) is 5.02 Å². The SMILES string of the molecule is COc1ccccc1NC(=O)COC(=O)c1ccccc1Cl. The number of amides is 1. The van der Waals surface area contributed by atoms with Crippen molar-refractivity contribution in [3.05, 3.63) is 59.1 Å². The van der Waals surface area contributed by atoms with E-state index in [9.17, 15) is 9.59 Å². The van der Waals surface area contributed by atoms with Crippen molar-refractivity contribution in [2.45, 2.75) is 0 Å². The molecule has 0 aliphatic heterocycles. The van der Waals surface area contributed by atoms with Gasteiger partial charge in [0.15, 0.2) is 6.61 Å². The van der Waals surface area contributed by atoms with Crippen molar-refractivity contribution < 1.29 is 19.1 Å². The molecule has 0 heterocycles. The van der Waals surface area contributed by atoms with Crippen molar-refractivity contribution in [1.82, 2.24) is 0 Å². The van der Waals surface area contributed by atoms with Crippen LogP contribution in [0.5, 0.6) is 5.75 Å². The number of anilines is 1. The summed E-state index contributed by atoms with van der Waals surface area (Å²) < 4.78 is 10.1. The third-order valence-electron chi connectivity index (χ3n) is 2.81. The van der Waals surface area contributed by atoms with Crippen LogP contribution in [-0.4, -0.2) is 25.6 Å². The van der Waals surface area contributed by atoms with Crippen LogP contribution in [0.15, 0.2) is 48.5 Å². The van der Waals surface area contributed by atoms with E-state index in [1.165, 1.54) is 13.2 Å². The topological polar surface area (TPSA) is 64.6 Å². The average molecular weight is 320 g/mol. The number of halogens is 1. The minimum atomic E-state index is -0.652. The third kappa shape index (κ3) is 3.99. The zero-order valence-electron chi connectivity index (χ0n) is 11.8. The van der Waals surface area contributed by atoms with Gasteiger partial charge in [0.05, 0.1) is 23.4 Å². The molecule has 0 radical (unpaired) electrons. The van der Waals surface area contributed by atoms with Gasteiger partial charge in [-0.3, -0.25) is 4.79 Å². The molecule has 0 fully saturated rings. The highest BCUT2D eigenvalue weighted by Crippen LogP contribution is 2.22. The van der Waals surface area contributed by atoms with Gasteiger partial charge >= 0.3 is 5.97 Å². The molecule has 6 heteroatoms. The molecule has 0 bridgehead atoms. The molecule has 0 atom stereocenters. The Morgan fingerprint density at radius 2 is 1.77 bits per heavy atom. The van der Waals surface area contributed by atoms with Crippen LogP contribution in [0.25, 0.3) is 0 Å². The van der Waals surface area contributed by atoms with E-state index in [0.29, 0.717) is 11.4 Å². The molecule has 0 saturated carbocycles. The summed E-state index contributed by atoms with van der Waals surface area (Å²) in [4.78, 5) is 23.7. The third-order valence-corrected chi connectivity index (χ3v) is 3.14. The molecule has 0 aromatic heterocycles. The molecule has 0 aliphatic rings. The van der Waals surface area contributed by atoms with Gasteiger partial charge in [0.1, 0.15) is 5.75 Å². The maximum Gasteiger partial charge on any atom is 0.340 e. The summed E-state index contributed by atoms with van der Waals surface area (Å²) in [6.07, 6.45) is 0. The quantitative estimate of drug-likeness (QED) is 0.860. The maximum absolute atomic E-state index is 11.8. The number of ether oxygens (including phenoxy) is 2. The van der Waals surface area contributed by atoms with E-state index in [0.717, 1.165) is 0 Å². The highest BCUT2D eigenvalue weighted by Gasteiger charge is 2.14. The highest BCUT2D eigenvalue weighted by molar-refractivity contribution is 6.33. The molecule has 0 spiro atoms. The molecule has 22 heavy (non-hydrogen) atoms. The van der Waals surface area contributed by atoms with Crippen molar-refractivity contribution in [1.29, 1.82) is 0 Å². The zero-order valence-corrected chi connectivity index (χ0v) is 12.6. The molecular formula is C16H14ClNO4. The van der Waals surface area contributed by atoms with Gasteiger partial charge in [-0.15, -0.1) is 0 Å². The molecule has 1 N–H and O–H groups in total. The Bertz CT molecular complexity index is 687. The molecule has 2 aromatic carbocycles. The van der Waals surface area contributed by atoms with Crippen LogP contribution in [0, 0.1) is 0 Å². The summed E-state index contributed by atoms with van der Waals surface area (Å²) in [6, 6.07) is 13.4. The molecular weight excluding hydrogens is 306 g/mol. The van der Waals surface area contributed by atoms with Gasteiger partial charge in [0.2, 0.25) is 0 Å². The first-order valence-electron chi connectivity index (χ1n) is 6.46. The summed E-state index contributed by atoms with van der Waals surface area (Å²) in [6.45, 7) is -0.415. The fourth-order valence-electron chi connectivity index (χ4n) is 1.77. The number of nitrogens with one attached hydrogen (secondary N) is 1. The second kappa shape index (κ2) is 7.47. The minimum Gasteiger partial charge on any atom is -0.495 e. The first kappa shape index (κ1) is 15.9. The molecule has 5 nitrogen and oxygen atoms in total. The molecule has 2 aromatic rings. The molecule has 2 rings (SSSR count). The van der Waals surface area contributed by atoms with Crippen LogP contribution in [0.4, 0.5) is 5.69 Å². The lowest BCUT2D eigenvalue weighted by molar-refractivity contribution is -0.119. The Kier molecular flexibility index (Phi) is 5.38. The largest absolute Gasteiger partial charge is 0.495 e. The van der Waals surface area contributed by atoms with Crippen LogP contribution in [0.3, 0.4) is 0 Å². The summed E-state index contributed by atoms with van der Waals surface area (Å²) in [5, 5.41) is 2.88. The Morgan fingerprint density at radius 1 is 1.09 bits per heavy atom. The van der Waals surface area contributed by atoms with E-state index in [1.807, 2.05) is 0 Å². The monoisotopic (exact) mass is 319 g/mol. The second-order valence-corrected chi connectivity index (χ2v) is 4.71. The molecule has 0 saturated heterocycles. The summed E-state index contributed by atoms with van der Waals surface area (Å²) in [7, 11) is 1.50. The van der Waals surface area contributed by atoms with E-state index in [2.05, 4.69) is 5.32 Å². The molecule has 114 valence electrons. The Balaban J connectivity index is 1.93. The first-order valence-corrected chi connectivity index (χ1v) is 6.84. The van der Waals surface area contributed by atoms with Crippen molar-refractivity contribution in [2.24, 2.45) is 0 Å². The Morgan fingerprint density at radius 3 is 2.50 bits per heavy atom. The number of benzene rings is 2. The lowest BCUT2D eigenvalue weighted by atomic mass is 10.2. The van der Waals surface area contributed by atoms with Crippen molar-refractivity contribution in [2.75, 3.05) is 19.0 Å². The van der Waals surface area contributed by atoms with Gasteiger partial charge in [-0.1, -0.05) is 35.9 Å². The van der Waals surface area contributed by atoms with Gasteiger partial charge in [0.25, 0.3) is 5.91 Å². The van der Waals surface area contributed by atoms with E-state index in [-0.39, 0.29) is 10.6 Å². The van der Waals surface area contributed by atoms with E-state index >= 15 is 0 Å². The van der Waals surface area contributed by atoms with E-state index < -0.39 is 18.5 Å². The lowest BCUT2D eigenvalue weighted by Gasteiger charge is -2.10. The zero-order chi connectivity index (χ0) is 15.9. The molecule has 0 unspecified atom stereocenters. The average Bonchev–Trinajstić information content (AvgIpc) is 2.53. The highest BCUT2D eigenvalue weighted by atomic mass is 35.5. The number of carbonyl (C=O) groups excluding carboxylic acids is 2. The van der Waals surface area contributed by atoms with Crippen LogP contribution < -0.4 is 10.1 Å². The Hall–Kier alpha value is -2.53. The van der Waals surface area contributed by atoms with Crippen molar-refractivity contribution >= 4 is 29.2 Å². The van der Waals surface area contributed by atoms with Gasteiger partial charge in [0, 0.05) is 0 Å². The Labute approximate surface area is 132 Å². The van der Waals surface area contributed by atoms with Crippen molar-refractivity contribution in [3.63, 3.8) is 0 Å². The number of esters is 1. The van der Waals surface area contributed by atoms with Gasteiger partial charge in [-0.2, -0.15) is 0 Å². The van der Waals surface area contributed by atoms with Crippen LogP contribution in [0.1, 0.15) is 10.4 Å². The maximum atomic E-state index is 11.8. The predicted octanol–water partition coefficient (Wildman–Crippen LogP) is 3.14. The normalized spacial score (nSPS) is 9.91. The fraction of sp³-hybridized carbons (Fsp3) is 0.125. The lowest BCUT2D eigenvalue weighted by Crippen LogP contribution is -2.21. The number of methoxy groups -OCH3 is 1. The molecule has 0 aliphatic carbocycles. The standard InChI is InChI=1S/C16H14ClNO4/c1-21-14-9-5-4-8-13(14)18-15(19)10-22-16(20)11-6-2-3-7-12(11)17/h2-9H,10H2,1H3,(H,18,19). The number of rotatable bonds is 5. The van der Waals surface area contributed by atoms with E-state index in [4.69, 9.17) is 21.1 Å². The summed E-state index contributed by atoms with van der Waals surface area (Å²) in [5.41, 5.74) is 0.720. The smallest absolute Gasteiger partial charge is 0.340 e. The number of carbonyl (C=O) groups is 2. The van der Waals surface area contributed by atoms with Crippen LogP contribution >= 0.6 is 11.6 Å². The van der Waals surface area contributed by atoms with Crippen molar-refractivity contribution in [3.8, 4) is 5.75 Å². The molecule has 1 amide bonds. The predicted molar refractivity (Wildman–Crippen MR) is 83.4 cm³/mol. The van der Waals surface area contributed by atoms with Gasteiger partial charge < -0.3 is 14.8 Å². The van der Waals surface area contributed by atoms with E-state index in [1.54, 1.807) is 42.5 Å². The van der Waals surface area contributed by atoms with Gasteiger partial charge in [-0.25, -0.2) is 4.79 Å². The minimum absolute atomic E-state index is 0.217. The van der Waals surface area contributed by atoms with Crippen LogP contribution in [-0.2, 0) is 9.53 Å². The summed E-state index contributed by atoms with van der Waals surface area (Å²) in [5.74, 6) is -0.598. The number of para-hydroxylation sites is 2. The number of hydrogen-bond acceptors (Lipinski definition) is 4. The van der Waals surface area contributed by atoms with Gasteiger partial charge in [-0.05, 0) is 24.3 Å².